The van der Waals surface area contributed by atoms with Gasteiger partial charge in [0.2, 0.25) is 5.91 Å². The fraction of sp³-hybridized carbons (Fsp3) is 0.375. The first kappa shape index (κ1) is 22.9. The Kier molecular flexibility index (Phi) is 6.21. The summed E-state index contributed by atoms with van der Waals surface area (Å²) in [5.74, 6) is 0.419. The number of carbonyl (C=O) groups excluding carboxylic acids is 3. The zero-order valence-corrected chi connectivity index (χ0v) is 19.4. The number of rotatable bonds is 6. The van der Waals surface area contributed by atoms with Gasteiger partial charge in [-0.15, -0.1) is 0 Å². The first-order chi connectivity index (χ1) is 15.7. The molecule has 2 aromatic rings. The van der Waals surface area contributed by atoms with Crippen LogP contribution in [0.4, 0.5) is 4.79 Å². The highest BCUT2D eigenvalue weighted by Crippen LogP contribution is 2.34. The molecule has 8 nitrogen and oxygen atoms in total. The van der Waals surface area contributed by atoms with E-state index in [0.717, 1.165) is 10.5 Å². The van der Waals surface area contributed by atoms with Crippen LogP contribution in [0.1, 0.15) is 37.9 Å². The van der Waals surface area contributed by atoms with Gasteiger partial charge in [0, 0.05) is 5.02 Å². The Morgan fingerprint density at radius 3 is 2.45 bits per heavy atom. The lowest BCUT2D eigenvalue weighted by Gasteiger charge is -2.26. The molecule has 0 aromatic heterocycles. The zero-order valence-electron chi connectivity index (χ0n) is 18.7. The number of carbonyl (C=O) groups is 3. The van der Waals surface area contributed by atoms with Crippen molar-refractivity contribution in [3.8, 4) is 11.5 Å². The van der Waals surface area contributed by atoms with Gasteiger partial charge in [-0.25, -0.2) is 4.79 Å². The molecule has 0 aliphatic carbocycles. The molecule has 0 radical (unpaired) electrons. The quantitative estimate of drug-likeness (QED) is 0.629. The second-order valence-corrected chi connectivity index (χ2v) is 9.08. The third-order valence-electron chi connectivity index (χ3n) is 5.91. The van der Waals surface area contributed by atoms with Gasteiger partial charge in [-0.1, -0.05) is 43.6 Å². The highest BCUT2D eigenvalue weighted by molar-refractivity contribution is 6.30. The van der Waals surface area contributed by atoms with Crippen molar-refractivity contribution in [2.24, 2.45) is 5.92 Å². The molecule has 4 rings (SSSR count). The standard InChI is InChI=1S/C24H26ClN3O5/c1-14(2)21(15-4-9-18-19(12-15)33-11-10-32-18)26-20(29)13-28-22(30)24(3,27-23(28)31)16-5-7-17(25)8-6-16/h4-9,12,14,21H,10-11,13H2,1-3H3,(H,26,29)(H,27,31). The van der Waals surface area contributed by atoms with Crippen molar-refractivity contribution >= 4 is 29.4 Å². The molecule has 2 N–H and O–H groups in total. The van der Waals surface area contributed by atoms with Crippen molar-refractivity contribution in [2.45, 2.75) is 32.4 Å². The Bertz CT molecular complexity index is 1090. The Morgan fingerprint density at radius 2 is 1.79 bits per heavy atom. The van der Waals surface area contributed by atoms with Crippen LogP contribution in [-0.4, -0.2) is 42.5 Å². The summed E-state index contributed by atoms with van der Waals surface area (Å²) >= 11 is 5.94. The van der Waals surface area contributed by atoms with Gasteiger partial charge in [0.15, 0.2) is 11.5 Å². The van der Waals surface area contributed by atoms with Gasteiger partial charge in [0.25, 0.3) is 5.91 Å². The minimum atomic E-state index is -1.27. The molecule has 1 saturated heterocycles. The Hall–Kier alpha value is -3.26. The monoisotopic (exact) mass is 471 g/mol. The van der Waals surface area contributed by atoms with Crippen LogP contribution in [0.15, 0.2) is 42.5 Å². The average Bonchev–Trinajstić information content (AvgIpc) is 3.01. The van der Waals surface area contributed by atoms with Crippen LogP contribution in [0.3, 0.4) is 0 Å². The maximum Gasteiger partial charge on any atom is 0.325 e. The van der Waals surface area contributed by atoms with Crippen molar-refractivity contribution in [1.29, 1.82) is 0 Å². The van der Waals surface area contributed by atoms with Crippen molar-refractivity contribution < 1.29 is 23.9 Å². The van der Waals surface area contributed by atoms with Gasteiger partial charge < -0.3 is 20.1 Å². The highest BCUT2D eigenvalue weighted by atomic mass is 35.5. The van der Waals surface area contributed by atoms with Crippen molar-refractivity contribution in [3.05, 3.63) is 58.6 Å². The van der Waals surface area contributed by atoms with E-state index in [2.05, 4.69) is 10.6 Å². The second-order valence-electron chi connectivity index (χ2n) is 8.65. The predicted octanol–water partition coefficient (Wildman–Crippen LogP) is 3.39. The molecule has 2 atom stereocenters. The summed E-state index contributed by atoms with van der Waals surface area (Å²) in [4.78, 5) is 39.5. The van der Waals surface area contributed by atoms with Crippen LogP contribution in [0.5, 0.6) is 11.5 Å². The minimum Gasteiger partial charge on any atom is -0.486 e. The summed E-state index contributed by atoms with van der Waals surface area (Å²) in [5.41, 5.74) is 0.171. The molecule has 0 saturated carbocycles. The number of nitrogens with zero attached hydrogens (tertiary/aromatic N) is 1. The number of hydrogen-bond acceptors (Lipinski definition) is 5. The predicted molar refractivity (Wildman–Crippen MR) is 122 cm³/mol. The number of amides is 4. The van der Waals surface area contributed by atoms with Crippen LogP contribution in [0, 0.1) is 5.92 Å². The van der Waals surface area contributed by atoms with E-state index < -0.39 is 23.4 Å². The maximum absolute atomic E-state index is 13.1. The molecular formula is C24H26ClN3O5. The summed E-state index contributed by atoms with van der Waals surface area (Å²) in [5, 5.41) is 6.18. The SMILES string of the molecule is CC(C)C(NC(=O)CN1C(=O)NC(C)(c2ccc(Cl)cc2)C1=O)c1ccc2c(c1)OCCO2. The van der Waals surface area contributed by atoms with Crippen LogP contribution in [-0.2, 0) is 15.1 Å². The van der Waals surface area contributed by atoms with E-state index in [1.807, 2.05) is 32.0 Å². The third-order valence-corrected chi connectivity index (χ3v) is 6.16. The fourth-order valence-corrected chi connectivity index (χ4v) is 4.20. The molecule has 33 heavy (non-hydrogen) atoms. The Balaban J connectivity index is 1.48. The molecule has 2 aliphatic rings. The van der Waals surface area contributed by atoms with Gasteiger partial charge in [0.05, 0.1) is 6.04 Å². The van der Waals surface area contributed by atoms with Crippen LogP contribution >= 0.6 is 11.6 Å². The molecule has 0 bridgehead atoms. The van der Waals surface area contributed by atoms with E-state index in [9.17, 15) is 14.4 Å². The Labute approximate surface area is 197 Å². The first-order valence-electron chi connectivity index (χ1n) is 10.8. The van der Waals surface area contributed by atoms with E-state index in [1.54, 1.807) is 31.2 Å². The van der Waals surface area contributed by atoms with E-state index >= 15 is 0 Å². The summed E-state index contributed by atoms with van der Waals surface area (Å²) in [7, 11) is 0. The van der Waals surface area contributed by atoms with Crippen molar-refractivity contribution in [1.82, 2.24) is 15.5 Å². The van der Waals surface area contributed by atoms with Gasteiger partial charge in [0.1, 0.15) is 25.3 Å². The number of ether oxygens (including phenoxy) is 2. The highest BCUT2D eigenvalue weighted by Gasteiger charge is 2.49. The number of benzene rings is 2. The largest absolute Gasteiger partial charge is 0.486 e. The van der Waals surface area contributed by atoms with Crippen LogP contribution in [0.2, 0.25) is 5.02 Å². The average molecular weight is 472 g/mol. The lowest BCUT2D eigenvalue weighted by molar-refractivity contribution is -0.135. The molecule has 174 valence electrons. The number of hydrogen-bond donors (Lipinski definition) is 2. The normalized spacial score (nSPS) is 20.6. The summed E-state index contributed by atoms with van der Waals surface area (Å²) in [6, 6.07) is 11.3. The topological polar surface area (TPSA) is 97.0 Å². The molecule has 2 aromatic carbocycles. The third kappa shape index (κ3) is 4.48. The molecule has 1 fully saturated rings. The lowest BCUT2D eigenvalue weighted by Crippen LogP contribution is -2.44. The zero-order chi connectivity index (χ0) is 23.8. The van der Waals surface area contributed by atoms with E-state index in [0.29, 0.717) is 35.3 Å². The van der Waals surface area contributed by atoms with Crippen molar-refractivity contribution in [2.75, 3.05) is 19.8 Å². The van der Waals surface area contributed by atoms with Gasteiger partial charge >= 0.3 is 6.03 Å². The van der Waals surface area contributed by atoms with E-state index in [1.165, 1.54) is 0 Å². The number of urea groups is 1. The summed E-state index contributed by atoms with van der Waals surface area (Å²) < 4.78 is 11.2. The minimum absolute atomic E-state index is 0.0546. The molecule has 2 unspecified atom stereocenters. The fourth-order valence-electron chi connectivity index (χ4n) is 4.07. The Morgan fingerprint density at radius 1 is 1.12 bits per heavy atom. The second kappa shape index (κ2) is 8.94. The number of nitrogens with one attached hydrogen (secondary N) is 2. The first-order valence-corrected chi connectivity index (χ1v) is 11.2. The van der Waals surface area contributed by atoms with Gasteiger partial charge in [-0.05, 0) is 48.2 Å². The van der Waals surface area contributed by atoms with Crippen molar-refractivity contribution in [3.63, 3.8) is 0 Å². The number of halogens is 1. The summed E-state index contributed by atoms with van der Waals surface area (Å²) in [6.07, 6.45) is 0. The van der Waals surface area contributed by atoms with Gasteiger partial charge in [-0.2, -0.15) is 0 Å². The van der Waals surface area contributed by atoms with Gasteiger partial charge in [-0.3, -0.25) is 14.5 Å². The van der Waals surface area contributed by atoms with Crippen LogP contribution in [0.25, 0.3) is 0 Å². The van der Waals surface area contributed by atoms with E-state index in [-0.39, 0.29) is 18.5 Å². The smallest absolute Gasteiger partial charge is 0.325 e. The molecule has 2 aliphatic heterocycles. The molecular weight excluding hydrogens is 446 g/mol. The number of fused-ring (bicyclic) bond motifs is 1. The molecule has 2 heterocycles. The maximum atomic E-state index is 13.1. The number of imide groups is 1. The molecule has 0 spiro atoms. The molecule has 4 amide bonds. The van der Waals surface area contributed by atoms with E-state index in [4.69, 9.17) is 21.1 Å². The lowest BCUT2D eigenvalue weighted by atomic mass is 9.92. The molecule has 9 heteroatoms. The summed E-state index contributed by atoms with van der Waals surface area (Å²) in [6.45, 7) is 6.15. The van der Waals surface area contributed by atoms with Crippen LogP contribution < -0.4 is 20.1 Å².